The molecule has 1 aliphatic rings. The molecule has 1 aromatic heterocycles. The van der Waals surface area contributed by atoms with Crippen LogP contribution in [0.15, 0.2) is 36.5 Å². The summed E-state index contributed by atoms with van der Waals surface area (Å²) < 4.78 is 32.4. The maximum Gasteiger partial charge on any atom is 0.165 e. The first-order valence-electron chi connectivity index (χ1n) is 16.8. The van der Waals surface area contributed by atoms with E-state index in [0.717, 1.165) is 55.7 Å². The van der Waals surface area contributed by atoms with Crippen molar-refractivity contribution in [2.45, 2.75) is 136 Å². The number of hydrogen-bond donors (Lipinski definition) is 0. The van der Waals surface area contributed by atoms with Crippen LogP contribution in [-0.4, -0.2) is 31.1 Å². The molecule has 41 heavy (non-hydrogen) atoms. The van der Waals surface area contributed by atoms with Gasteiger partial charge >= 0.3 is 0 Å². The zero-order valence-corrected chi connectivity index (χ0v) is 26.0. The lowest BCUT2D eigenvalue weighted by atomic mass is 10.0. The summed E-state index contributed by atoms with van der Waals surface area (Å²) in [5, 5.41) is 0. The number of unbranched alkanes of at least 4 members (excludes halogenated alkanes) is 13. The van der Waals surface area contributed by atoms with Crippen LogP contribution in [-0.2, 0) is 15.9 Å². The van der Waals surface area contributed by atoms with E-state index in [4.69, 9.17) is 14.2 Å². The van der Waals surface area contributed by atoms with Crippen LogP contribution >= 0.6 is 0 Å². The van der Waals surface area contributed by atoms with Gasteiger partial charge in [-0.1, -0.05) is 110 Å². The van der Waals surface area contributed by atoms with E-state index < -0.39 is 0 Å². The summed E-state index contributed by atoms with van der Waals surface area (Å²) in [7, 11) is 0. The van der Waals surface area contributed by atoms with E-state index in [1.807, 2.05) is 18.3 Å². The molecular weight excluding hydrogens is 513 g/mol. The molecule has 0 atom stereocenters. The van der Waals surface area contributed by atoms with Crippen molar-refractivity contribution >= 4 is 0 Å². The van der Waals surface area contributed by atoms with Crippen LogP contribution in [0.3, 0.4) is 0 Å². The highest BCUT2D eigenvalue weighted by molar-refractivity contribution is 5.60. The molecule has 0 unspecified atom stereocenters. The molecular formula is C36H56FNO3. The fraction of sp³-hybridized carbons (Fsp3) is 0.694. The second-order valence-electron chi connectivity index (χ2n) is 11.9. The fourth-order valence-corrected chi connectivity index (χ4v) is 5.53. The van der Waals surface area contributed by atoms with E-state index in [-0.39, 0.29) is 12.1 Å². The van der Waals surface area contributed by atoms with Crippen LogP contribution in [0, 0.1) is 11.7 Å². The molecule has 2 aromatic rings. The predicted molar refractivity (Wildman–Crippen MR) is 168 cm³/mol. The topological polar surface area (TPSA) is 40.6 Å². The van der Waals surface area contributed by atoms with E-state index in [1.54, 1.807) is 6.07 Å². The van der Waals surface area contributed by atoms with Gasteiger partial charge in [0, 0.05) is 24.1 Å². The van der Waals surface area contributed by atoms with Gasteiger partial charge < -0.3 is 14.2 Å². The molecule has 3 rings (SSSR count). The lowest BCUT2D eigenvalue weighted by Gasteiger charge is -2.29. The van der Waals surface area contributed by atoms with E-state index in [1.165, 1.54) is 96.0 Å². The molecule has 1 aliphatic heterocycles. The Labute approximate surface area is 249 Å². The lowest BCUT2D eigenvalue weighted by molar-refractivity contribution is -0.203. The van der Waals surface area contributed by atoms with Crippen molar-refractivity contribution < 1.29 is 18.6 Å². The highest BCUT2D eigenvalue weighted by atomic mass is 19.1. The zero-order chi connectivity index (χ0) is 29.0. The molecule has 4 nitrogen and oxygen atoms in total. The molecule has 0 saturated carbocycles. The Kier molecular flexibility index (Phi) is 17.0. The first-order valence-corrected chi connectivity index (χ1v) is 16.8. The quantitative estimate of drug-likeness (QED) is 0.132. The normalized spacial score (nSPS) is 17.1. The van der Waals surface area contributed by atoms with Gasteiger partial charge in [-0.3, -0.25) is 4.98 Å². The standard InChI is InChI=1S/C36H56FNO3/c1-3-5-7-9-11-13-15-17-25-39-35-23-21-32(26-33(35)37)34-22-19-30(27-38-34)20-24-36-40-28-31(29-41-36)18-16-14-12-10-8-6-4-2/h19,21-23,26-27,31,36H,3-18,20,24-25,28-29H2,1-2H3. The molecule has 230 valence electrons. The summed E-state index contributed by atoms with van der Waals surface area (Å²) in [5.41, 5.74) is 2.66. The highest BCUT2D eigenvalue weighted by Crippen LogP contribution is 2.26. The Morgan fingerprint density at radius 3 is 2.00 bits per heavy atom. The van der Waals surface area contributed by atoms with Crippen LogP contribution < -0.4 is 4.74 Å². The van der Waals surface area contributed by atoms with Gasteiger partial charge in [0.15, 0.2) is 17.9 Å². The number of ether oxygens (including phenoxy) is 3. The average Bonchev–Trinajstić information content (AvgIpc) is 3.00. The molecule has 1 saturated heterocycles. The minimum absolute atomic E-state index is 0.132. The summed E-state index contributed by atoms with van der Waals surface area (Å²) in [6.07, 6.45) is 23.9. The monoisotopic (exact) mass is 569 g/mol. The first-order chi connectivity index (χ1) is 20.2. The molecule has 0 N–H and O–H groups in total. The Morgan fingerprint density at radius 1 is 0.756 bits per heavy atom. The van der Waals surface area contributed by atoms with Gasteiger partial charge in [-0.25, -0.2) is 4.39 Å². The predicted octanol–water partition coefficient (Wildman–Crippen LogP) is 10.5. The Morgan fingerprint density at radius 2 is 1.39 bits per heavy atom. The van der Waals surface area contributed by atoms with Gasteiger partial charge in [-0.15, -0.1) is 0 Å². The molecule has 0 aliphatic carbocycles. The Balaban J connectivity index is 1.29. The number of aromatic nitrogens is 1. The fourth-order valence-electron chi connectivity index (χ4n) is 5.53. The lowest BCUT2D eigenvalue weighted by Crippen LogP contribution is -2.32. The Bertz CT molecular complexity index is 927. The number of benzene rings is 1. The largest absolute Gasteiger partial charge is 0.491 e. The average molecular weight is 570 g/mol. The second kappa shape index (κ2) is 20.8. The van der Waals surface area contributed by atoms with Crippen molar-refractivity contribution in [2.24, 2.45) is 5.92 Å². The SMILES string of the molecule is CCCCCCCCCCOc1ccc(-c2ccc(CCC3OCC(CCCCCCCCC)CO3)cn2)cc1F. The second-order valence-corrected chi connectivity index (χ2v) is 11.9. The summed E-state index contributed by atoms with van der Waals surface area (Å²) in [5.74, 6) is 0.528. The molecule has 0 bridgehead atoms. The number of nitrogens with zero attached hydrogens (tertiary/aromatic N) is 1. The van der Waals surface area contributed by atoms with Gasteiger partial charge in [0.2, 0.25) is 0 Å². The third kappa shape index (κ3) is 13.7. The van der Waals surface area contributed by atoms with Crippen molar-refractivity contribution in [1.82, 2.24) is 4.98 Å². The van der Waals surface area contributed by atoms with Gasteiger partial charge in [0.1, 0.15) is 0 Å². The zero-order valence-electron chi connectivity index (χ0n) is 26.0. The van der Waals surface area contributed by atoms with Crippen molar-refractivity contribution in [1.29, 1.82) is 0 Å². The van der Waals surface area contributed by atoms with E-state index >= 15 is 0 Å². The number of halogens is 1. The summed E-state index contributed by atoms with van der Waals surface area (Å²) >= 11 is 0. The van der Waals surface area contributed by atoms with Crippen molar-refractivity contribution in [3.63, 3.8) is 0 Å². The van der Waals surface area contributed by atoms with Crippen LogP contribution in [0.5, 0.6) is 5.75 Å². The molecule has 0 amide bonds. The highest BCUT2D eigenvalue weighted by Gasteiger charge is 2.21. The van der Waals surface area contributed by atoms with Gasteiger partial charge in [-0.05, 0) is 49.1 Å². The summed E-state index contributed by atoms with van der Waals surface area (Å²) in [6, 6.07) is 9.17. The van der Waals surface area contributed by atoms with Crippen LogP contribution in [0.4, 0.5) is 4.39 Å². The van der Waals surface area contributed by atoms with Gasteiger partial charge in [0.05, 0.1) is 25.5 Å². The minimum atomic E-state index is -0.329. The van der Waals surface area contributed by atoms with Crippen LogP contribution in [0.25, 0.3) is 11.3 Å². The van der Waals surface area contributed by atoms with Gasteiger partial charge in [-0.2, -0.15) is 0 Å². The molecule has 2 heterocycles. The van der Waals surface area contributed by atoms with Crippen LogP contribution in [0.2, 0.25) is 0 Å². The maximum absolute atomic E-state index is 14.7. The van der Waals surface area contributed by atoms with Crippen molar-refractivity contribution in [3.8, 4) is 17.0 Å². The number of rotatable bonds is 22. The molecule has 5 heteroatoms. The molecule has 1 fully saturated rings. The van der Waals surface area contributed by atoms with Crippen molar-refractivity contribution in [3.05, 3.63) is 47.9 Å². The Hall–Kier alpha value is -1.98. The third-order valence-electron chi connectivity index (χ3n) is 8.23. The first kappa shape index (κ1) is 33.5. The third-order valence-corrected chi connectivity index (χ3v) is 8.23. The molecule has 0 radical (unpaired) electrons. The number of hydrogen-bond acceptors (Lipinski definition) is 4. The molecule has 0 spiro atoms. The summed E-state index contributed by atoms with van der Waals surface area (Å²) in [6.45, 7) is 6.68. The van der Waals surface area contributed by atoms with Crippen molar-refractivity contribution in [2.75, 3.05) is 19.8 Å². The van der Waals surface area contributed by atoms with Crippen LogP contribution in [0.1, 0.15) is 129 Å². The van der Waals surface area contributed by atoms with E-state index in [2.05, 4.69) is 24.9 Å². The minimum Gasteiger partial charge on any atom is -0.491 e. The van der Waals surface area contributed by atoms with Gasteiger partial charge in [0.25, 0.3) is 0 Å². The summed E-state index contributed by atoms with van der Waals surface area (Å²) in [4.78, 5) is 4.59. The van der Waals surface area contributed by atoms with E-state index in [9.17, 15) is 4.39 Å². The maximum atomic E-state index is 14.7. The van der Waals surface area contributed by atoms with E-state index in [0.29, 0.717) is 18.3 Å². The molecule has 1 aromatic carbocycles. The number of aryl methyl sites for hydroxylation is 1. The number of pyridine rings is 1. The smallest absolute Gasteiger partial charge is 0.165 e.